The Morgan fingerprint density at radius 2 is 2.14 bits per heavy atom. The van der Waals surface area contributed by atoms with Gasteiger partial charge in [-0.2, -0.15) is 0 Å². The number of anilines is 1. The van der Waals surface area contributed by atoms with E-state index in [0.29, 0.717) is 24.3 Å². The molecule has 1 aromatic rings. The van der Waals surface area contributed by atoms with E-state index >= 15 is 0 Å². The number of hydrogen-bond acceptors (Lipinski definition) is 4. The van der Waals surface area contributed by atoms with E-state index in [1.54, 1.807) is 18.0 Å². The molecule has 1 saturated heterocycles. The Bertz CT molecular complexity index is 569. The second kappa shape index (κ2) is 5.71. The molecule has 1 aliphatic heterocycles. The maximum atomic E-state index is 12.7. The molecule has 0 unspecified atom stereocenters. The molecule has 1 fully saturated rings. The molecule has 1 aromatic carbocycles. The summed E-state index contributed by atoms with van der Waals surface area (Å²) in [5.74, 6) is -0.143. The standard InChI is InChI=1S/C15H21N3O3/c1-15(2)7-4-8-17(10-15)14(19)12-9-11(18(20)21)5-6-13(12)16-3/h5-6,9,16H,4,7-8,10H2,1-3H3. The van der Waals surface area contributed by atoms with Gasteiger partial charge in [0.2, 0.25) is 0 Å². The van der Waals surface area contributed by atoms with E-state index in [4.69, 9.17) is 0 Å². The van der Waals surface area contributed by atoms with Crippen molar-refractivity contribution < 1.29 is 9.72 Å². The zero-order valence-corrected chi connectivity index (χ0v) is 12.7. The Morgan fingerprint density at radius 1 is 1.43 bits per heavy atom. The van der Waals surface area contributed by atoms with Crippen molar-refractivity contribution in [2.24, 2.45) is 5.41 Å². The highest BCUT2D eigenvalue weighted by Gasteiger charge is 2.31. The number of nitro benzene ring substituents is 1. The van der Waals surface area contributed by atoms with Crippen LogP contribution in [0.4, 0.5) is 11.4 Å². The number of carbonyl (C=O) groups is 1. The van der Waals surface area contributed by atoms with Gasteiger partial charge in [-0.3, -0.25) is 14.9 Å². The van der Waals surface area contributed by atoms with Crippen LogP contribution in [0.1, 0.15) is 37.0 Å². The lowest BCUT2D eigenvalue weighted by molar-refractivity contribution is -0.384. The number of piperidine rings is 1. The molecule has 6 heteroatoms. The van der Waals surface area contributed by atoms with E-state index in [2.05, 4.69) is 19.2 Å². The van der Waals surface area contributed by atoms with Gasteiger partial charge in [-0.15, -0.1) is 0 Å². The van der Waals surface area contributed by atoms with Gasteiger partial charge in [-0.25, -0.2) is 0 Å². The lowest BCUT2D eigenvalue weighted by atomic mass is 9.84. The molecule has 0 atom stereocenters. The molecule has 0 saturated carbocycles. The molecule has 6 nitrogen and oxygen atoms in total. The van der Waals surface area contributed by atoms with Crippen LogP contribution in [-0.2, 0) is 0 Å². The topological polar surface area (TPSA) is 75.5 Å². The van der Waals surface area contributed by atoms with Crippen LogP contribution in [0.3, 0.4) is 0 Å². The zero-order chi connectivity index (χ0) is 15.6. The smallest absolute Gasteiger partial charge is 0.270 e. The quantitative estimate of drug-likeness (QED) is 0.686. The summed E-state index contributed by atoms with van der Waals surface area (Å²) in [5, 5.41) is 13.8. The first-order valence-corrected chi connectivity index (χ1v) is 7.09. The highest BCUT2D eigenvalue weighted by molar-refractivity contribution is 6.00. The summed E-state index contributed by atoms with van der Waals surface area (Å²) in [5.41, 5.74) is 1.01. The molecule has 1 aliphatic rings. The first-order valence-electron chi connectivity index (χ1n) is 7.09. The van der Waals surface area contributed by atoms with Crippen LogP contribution < -0.4 is 5.32 Å². The molecular formula is C15H21N3O3. The third-order valence-electron chi connectivity index (χ3n) is 3.90. The van der Waals surface area contributed by atoms with E-state index < -0.39 is 4.92 Å². The van der Waals surface area contributed by atoms with Crippen molar-refractivity contribution >= 4 is 17.3 Å². The minimum Gasteiger partial charge on any atom is -0.387 e. The van der Waals surface area contributed by atoms with Crippen LogP contribution >= 0.6 is 0 Å². The lowest BCUT2D eigenvalue weighted by Crippen LogP contribution is -2.43. The first-order chi connectivity index (χ1) is 9.84. The van der Waals surface area contributed by atoms with Gasteiger partial charge in [0.1, 0.15) is 0 Å². The maximum absolute atomic E-state index is 12.7. The summed E-state index contributed by atoms with van der Waals surface area (Å²) in [6, 6.07) is 4.35. The van der Waals surface area contributed by atoms with Gasteiger partial charge in [0.15, 0.2) is 0 Å². The van der Waals surface area contributed by atoms with Crippen molar-refractivity contribution in [2.45, 2.75) is 26.7 Å². The van der Waals surface area contributed by atoms with Gasteiger partial charge in [0, 0.05) is 38.0 Å². The van der Waals surface area contributed by atoms with Gasteiger partial charge in [-0.05, 0) is 24.3 Å². The van der Waals surface area contributed by atoms with Crippen molar-refractivity contribution in [3.63, 3.8) is 0 Å². The number of carbonyl (C=O) groups excluding carboxylic acids is 1. The number of benzene rings is 1. The van der Waals surface area contributed by atoms with E-state index in [-0.39, 0.29) is 17.0 Å². The molecule has 2 rings (SSSR count). The van der Waals surface area contributed by atoms with Crippen LogP contribution in [0.5, 0.6) is 0 Å². The molecule has 0 aliphatic carbocycles. The Balaban J connectivity index is 2.33. The SMILES string of the molecule is CNc1ccc([N+](=O)[O-])cc1C(=O)N1CCCC(C)(C)C1. The van der Waals surface area contributed by atoms with E-state index in [0.717, 1.165) is 12.8 Å². The van der Waals surface area contributed by atoms with Gasteiger partial charge >= 0.3 is 0 Å². The van der Waals surface area contributed by atoms with Crippen molar-refractivity contribution in [1.82, 2.24) is 4.90 Å². The first kappa shape index (κ1) is 15.3. The Morgan fingerprint density at radius 3 is 2.71 bits per heavy atom. The zero-order valence-electron chi connectivity index (χ0n) is 12.7. The molecule has 21 heavy (non-hydrogen) atoms. The highest BCUT2D eigenvalue weighted by atomic mass is 16.6. The van der Waals surface area contributed by atoms with Crippen molar-refractivity contribution in [3.05, 3.63) is 33.9 Å². The number of nitrogens with zero attached hydrogens (tertiary/aromatic N) is 2. The van der Waals surface area contributed by atoms with Crippen LogP contribution in [0.15, 0.2) is 18.2 Å². The fraction of sp³-hybridized carbons (Fsp3) is 0.533. The molecule has 1 amide bonds. The summed E-state index contributed by atoms with van der Waals surface area (Å²) in [6.07, 6.45) is 2.05. The second-order valence-electron chi connectivity index (χ2n) is 6.23. The predicted octanol–water partition coefficient (Wildman–Crippen LogP) is 2.90. The van der Waals surface area contributed by atoms with Crippen LogP contribution in [0.25, 0.3) is 0 Å². The summed E-state index contributed by atoms with van der Waals surface area (Å²) in [4.78, 5) is 24.9. The summed E-state index contributed by atoms with van der Waals surface area (Å²) in [7, 11) is 1.71. The van der Waals surface area contributed by atoms with Crippen LogP contribution in [0.2, 0.25) is 0 Å². The van der Waals surface area contributed by atoms with Gasteiger partial charge in [0.05, 0.1) is 10.5 Å². The number of rotatable bonds is 3. The molecule has 1 N–H and O–H groups in total. The largest absolute Gasteiger partial charge is 0.387 e. The third kappa shape index (κ3) is 3.32. The van der Waals surface area contributed by atoms with E-state index in [1.165, 1.54) is 12.1 Å². The Labute approximate surface area is 124 Å². The molecule has 0 aromatic heterocycles. The minimum absolute atomic E-state index is 0.0615. The molecule has 0 radical (unpaired) electrons. The van der Waals surface area contributed by atoms with Crippen LogP contribution in [0, 0.1) is 15.5 Å². The Hall–Kier alpha value is -2.11. The van der Waals surface area contributed by atoms with Gasteiger partial charge in [0.25, 0.3) is 11.6 Å². The highest BCUT2D eigenvalue weighted by Crippen LogP contribution is 2.31. The average molecular weight is 291 g/mol. The molecule has 0 spiro atoms. The second-order valence-corrected chi connectivity index (χ2v) is 6.23. The third-order valence-corrected chi connectivity index (χ3v) is 3.90. The number of amides is 1. The van der Waals surface area contributed by atoms with Crippen molar-refractivity contribution in [1.29, 1.82) is 0 Å². The summed E-state index contributed by atoms with van der Waals surface area (Å²) in [6.45, 7) is 5.66. The average Bonchev–Trinajstić information content (AvgIpc) is 2.44. The normalized spacial score (nSPS) is 17.4. The van der Waals surface area contributed by atoms with Crippen LogP contribution in [-0.4, -0.2) is 35.9 Å². The number of nitrogens with one attached hydrogen (secondary N) is 1. The number of nitro groups is 1. The van der Waals surface area contributed by atoms with Gasteiger partial charge in [-0.1, -0.05) is 13.8 Å². The summed E-state index contributed by atoms with van der Waals surface area (Å²) >= 11 is 0. The molecule has 1 heterocycles. The number of likely N-dealkylation sites (tertiary alicyclic amines) is 1. The van der Waals surface area contributed by atoms with E-state index in [9.17, 15) is 14.9 Å². The molecular weight excluding hydrogens is 270 g/mol. The van der Waals surface area contributed by atoms with Gasteiger partial charge < -0.3 is 10.2 Å². The monoisotopic (exact) mass is 291 g/mol. The Kier molecular flexibility index (Phi) is 4.16. The maximum Gasteiger partial charge on any atom is 0.270 e. The van der Waals surface area contributed by atoms with E-state index in [1.807, 2.05) is 0 Å². The fourth-order valence-electron chi connectivity index (χ4n) is 2.81. The molecule has 0 bridgehead atoms. The van der Waals surface area contributed by atoms with Crippen molar-refractivity contribution in [2.75, 3.05) is 25.5 Å². The minimum atomic E-state index is -0.476. The number of non-ortho nitro benzene ring substituents is 1. The predicted molar refractivity (Wildman–Crippen MR) is 81.6 cm³/mol. The summed E-state index contributed by atoms with van der Waals surface area (Å²) < 4.78 is 0. The fourth-order valence-corrected chi connectivity index (χ4v) is 2.81. The van der Waals surface area contributed by atoms with Crippen molar-refractivity contribution in [3.8, 4) is 0 Å². The number of hydrogen-bond donors (Lipinski definition) is 1. The lowest BCUT2D eigenvalue weighted by Gasteiger charge is -2.38. The molecule has 114 valence electrons.